The average molecular weight is 288 g/mol. The summed E-state index contributed by atoms with van der Waals surface area (Å²) in [6.07, 6.45) is 1.69. The minimum atomic E-state index is 0.0978. The second-order valence-electron chi connectivity index (χ2n) is 5.03. The summed E-state index contributed by atoms with van der Waals surface area (Å²) in [6, 6.07) is 5.81. The fourth-order valence-corrected chi connectivity index (χ4v) is 2.15. The van der Waals surface area contributed by atoms with E-state index in [2.05, 4.69) is 20.7 Å². The van der Waals surface area contributed by atoms with Gasteiger partial charge in [0.05, 0.1) is 6.04 Å². The number of nitrogens with zero attached hydrogens (tertiary/aromatic N) is 4. The van der Waals surface area contributed by atoms with E-state index in [-0.39, 0.29) is 11.9 Å². The Morgan fingerprint density at radius 2 is 2.29 bits per heavy atom. The molecule has 0 bridgehead atoms. The molecule has 1 aromatic carbocycles. The van der Waals surface area contributed by atoms with Gasteiger partial charge >= 0.3 is 0 Å². The summed E-state index contributed by atoms with van der Waals surface area (Å²) in [5.74, 6) is 1.01. The number of oxime groups is 1. The lowest BCUT2D eigenvalue weighted by molar-refractivity contribution is 0.318. The van der Waals surface area contributed by atoms with Crippen LogP contribution in [0.4, 0.5) is 0 Å². The highest BCUT2D eigenvalue weighted by Gasteiger charge is 2.11. The molecule has 0 radical (unpaired) electrons. The quantitative estimate of drug-likeness (QED) is 0.330. The number of rotatable bonds is 5. The number of nitrogens with two attached hydrogens (primary N) is 1. The largest absolute Gasteiger partial charge is 0.409 e. The number of nitrogens with one attached hydrogen (secondary N) is 1. The van der Waals surface area contributed by atoms with Crippen molar-refractivity contribution in [2.24, 2.45) is 17.9 Å². The first-order valence-corrected chi connectivity index (χ1v) is 6.67. The molecule has 0 spiro atoms. The molecule has 1 atom stereocenters. The van der Waals surface area contributed by atoms with E-state index in [0.717, 1.165) is 17.0 Å². The molecule has 0 amide bonds. The van der Waals surface area contributed by atoms with Gasteiger partial charge in [-0.1, -0.05) is 17.3 Å². The first-order chi connectivity index (χ1) is 10.0. The minimum absolute atomic E-state index is 0.0978. The van der Waals surface area contributed by atoms with Gasteiger partial charge in [-0.15, -0.1) is 10.2 Å². The smallest absolute Gasteiger partial charge is 0.170 e. The van der Waals surface area contributed by atoms with E-state index in [4.69, 9.17) is 10.9 Å². The standard InChI is InChI=1S/C14H20N6O/c1-9-6-11(13(15)19-21)4-5-12(9)7-16-10(2)14-18-17-8-20(14)3/h4-6,8,10,16,21H,7H2,1-3H3,(H2,15,19). The van der Waals surface area contributed by atoms with Crippen molar-refractivity contribution in [1.82, 2.24) is 20.1 Å². The van der Waals surface area contributed by atoms with Crippen molar-refractivity contribution in [3.05, 3.63) is 47.0 Å². The highest BCUT2D eigenvalue weighted by molar-refractivity contribution is 5.97. The Hall–Kier alpha value is -2.41. The van der Waals surface area contributed by atoms with Gasteiger partial charge in [0, 0.05) is 19.2 Å². The molecule has 4 N–H and O–H groups in total. The Morgan fingerprint density at radius 1 is 1.52 bits per heavy atom. The zero-order valence-electron chi connectivity index (χ0n) is 12.4. The van der Waals surface area contributed by atoms with Crippen molar-refractivity contribution >= 4 is 5.84 Å². The molecule has 0 aliphatic rings. The number of aryl methyl sites for hydroxylation is 2. The van der Waals surface area contributed by atoms with Gasteiger partial charge in [0.25, 0.3) is 0 Å². The van der Waals surface area contributed by atoms with E-state index in [1.165, 1.54) is 0 Å². The van der Waals surface area contributed by atoms with E-state index < -0.39 is 0 Å². The topological polar surface area (TPSA) is 101 Å². The fourth-order valence-electron chi connectivity index (χ4n) is 2.15. The van der Waals surface area contributed by atoms with Crippen LogP contribution in [0, 0.1) is 6.92 Å². The summed E-state index contributed by atoms with van der Waals surface area (Å²) in [7, 11) is 1.92. The Kier molecular flexibility index (Phi) is 4.54. The molecular formula is C14H20N6O. The molecule has 2 aromatic rings. The second kappa shape index (κ2) is 6.36. The van der Waals surface area contributed by atoms with Crippen LogP contribution in [0.5, 0.6) is 0 Å². The van der Waals surface area contributed by atoms with Crippen molar-refractivity contribution in [3.63, 3.8) is 0 Å². The lowest BCUT2D eigenvalue weighted by atomic mass is 10.0. The normalized spacial score (nSPS) is 13.4. The Balaban J connectivity index is 2.05. The Bertz CT molecular complexity index is 649. The van der Waals surface area contributed by atoms with Gasteiger partial charge in [-0.2, -0.15) is 0 Å². The van der Waals surface area contributed by atoms with Crippen LogP contribution in [0.2, 0.25) is 0 Å². The summed E-state index contributed by atoms with van der Waals surface area (Å²) in [4.78, 5) is 0. The molecular weight excluding hydrogens is 268 g/mol. The van der Waals surface area contributed by atoms with Crippen LogP contribution in [0.3, 0.4) is 0 Å². The third-order valence-corrected chi connectivity index (χ3v) is 3.48. The number of aromatic nitrogens is 3. The maximum absolute atomic E-state index is 8.69. The van der Waals surface area contributed by atoms with Crippen molar-refractivity contribution < 1.29 is 5.21 Å². The molecule has 0 saturated heterocycles. The SMILES string of the molecule is Cc1cc(/C(N)=N/O)ccc1CNC(C)c1nncn1C. The molecule has 0 aliphatic carbocycles. The molecule has 7 nitrogen and oxygen atoms in total. The van der Waals surface area contributed by atoms with Crippen LogP contribution in [0.25, 0.3) is 0 Å². The number of hydrogen-bond donors (Lipinski definition) is 3. The van der Waals surface area contributed by atoms with Crippen LogP contribution in [0.1, 0.15) is 35.5 Å². The Morgan fingerprint density at radius 3 is 2.86 bits per heavy atom. The van der Waals surface area contributed by atoms with Crippen molar-refractivity contribution in [3.8, 4) is 0 Å². The summed E-state index contributed by atoms with van der Waals surface area (Å²) in [6.45, 7) is 4.75. The molecule has 1 heterocycles. The van der Waals surface area contributed by atoms with Gasteiger partial charge in [0.15, 0.2) is 5.84 Å². The first-order valence-electron chi connectivity index (χ1n) is 6.67. The highest BCUT2D eigenvalue weighted by atomic mass is 16.4. The number of hydrogen-bond acceptors (Lipinski definition) is 5. The predicted molar refractivity (Wildman–Crippen MR) is 79.9 cm³/mol. The van der Waals surface area contributed by atoms with Gasteiger partial charge in [0.1, 0.15) is 12.2 Å². The predicted octanol–water partition coefficient (Wildman–Crippen LogP) is 1.07. The van der Waals surface area contributed by atoms with E-state index in [9.17, 15) is 0 Å². The van der Waals surface area contributed by atoms with E-state index >= 15 is 0 Å². The highest BCUT2D eigenvalue weighted by Crippen LogP contribution is 2.14. The lowest BCUT2D eigenvalue weighted by Crippen LogP contribution is -2.21. The maximum Gasteiger partial charge on any atom is 0.170 e. The summed E-state index contributed by atoms with van der Waals surface area (Å²) < 4.78 is 1.89. The van der Waals surface area contributed by atoms with Crippen molar-refractivity contribution in [2.75, 3.05) is 0 Å². The first kappa shape index (κ1) is 15.0. The van der Waals surface area contributed by atoms with Gasteiger partial charge < -0.3 is 20.8 Å². The number of amidine groups is 1. The molecule has 1 aromatic heterocycles. The maximum atomic E-state index is 8.69. The minimum Gasteiger partial charge on any atom is -0.409 e. The summed E-state index contributed by atoms with van der Waals surface area (Å²) in [5.41, 5.74) is 8.52. The molecule has 0 fully saturated rings. The molecule has 21 heavy (non-hydrogen) atoms. The van der Waals surface area contributed by atoms with Gasteiger partial charge in [-0.05, 0) is 31.0 Å². The van der Waals surface area contributed by atoms with Gasteiger partial charge in [-0.25, -0.2) is 0 Å². The second-order valence-corrected chi connectivity index (χ2v) is 5.03. The van der Waals surface area contributed by atoms with Gasteiger partial charge in [0.2, 0.25) is 0 Å². The fraction of sp³-hybridized carbons (Fsp3) is 0.357. The monoisotopic (exact) mass is 288 g/mol. The van der Waals surface area contributed by atoms with Crippen LogP contribution in [-0.4, -0.2) is 25.8 Å². The summed E-state index contributed by atoms with van der Waals surface area (Å²) in [5, 5.41) is 23.1. The molecule has 2 rings (SSSR count). The number of benzene rings is 1. The van der Waals surface area contributed by atoms with Crippen LogP contribution in [-0.2, 0) is 13.6 Å². The third kappa shape index (κ3) is 3.38. The van der Waals surface area contributed by atoms with Crippen molar-refractivity contribution in [1.29, 1.82) is 0 Å². The molecule has 1 unspecified atom stereocenters. The van der Waals surface area contributed by atoms with E-state index in [0.29, 0.717) is 12.1 Å². The molecule has 0 saturated carbocycles. The van der Waals surface area contributed by atoms with Crippen LogP contribution in [0.15, 0.2) is 29.7 Å². The zero-order valence-corrected chi connectivity index (χ0v) is 12.4. The lowest BCUT2D eigenvalue weighted by Gasteiger charge is -2.14. The van der Waals surface area contributed by atoms with Crippen LogP contribution < -0.4 is 11.1 Å². The molecule has 7 heteroatoms. The molecule has 112 valence electrons. The van der Waals surface area contributed by atoms with E-state index in [1.54, 1.807) is 6.33 Å². The summed E-state index contributed by atoms with van der Waals surface area (Å²) >= 11 is 0. The third-order valence-electron chi connectivity index (χ3n) is 3.48. The zero-order chi connectivity index (χ0) is 15.4. The van der Waals surface area contributed by atoms with Crippen LogP contribution >= 0.6 is 0 Å². The van der Waals surface area contributed by atoms with Gasteiger partial charge in [-0.3, -0.25) is 0 Å². The van der Waals surface area contributed by atoms with Crippen molar-refractivity contribution in [2.45, 2.75) is 26.4 Å². The van der Waals surface area contributed by atoms with E-state index in [1.807, 2.05) is 43.7 Å². The average Bonchev–Trinajstić information content (AvgIpc) is 2.91. The Labute approximate surface area is 123 Å². The molecule has 0 aliphatic heterocycles.